The molecule has 4 rings (SSSR count). The first-order chi connectivity index (χ1) is 15.2. The molecule has 0 saturated heterocycles. The molecular formula is C30H35N2+. The quantitative estimate of drug-likeness (QED) is 0.382. The molecule has 0 amide bonds. The van der Waals surface area contributed by atoms with Gasteiger partial charge in [-0.2, -0.15) is 4.58 Å². The summed E-state index contributed by atoms with van der Waals surface area (Å²) < 4.78 is 2.33. The predicted octanol–water partition coefficient (Wildman–Crippen LogP) is 6.71. The summed E-state index contributed by atoms with van der Waals surface area (Å²) in [5.74, 6) is 2.81. The zero-order valence-corrected chi connectivity index (χ0v) is 20.4. The number of hydrogen-bond acceptors (Lipinski definition) is 1. The molecule has 0 aliphatic carbocycles. The lowest BCUT2D eigenvalue weighted by molar-refractivity contribution is -0.401. The molecule has 2 aromatic carbocycles. The second-order valence-corrected chi connectivity index (χ2v) is 10.0. The van der Waals surface area contributed by atoms with Gasteiger partial charge in [0.15, 0.2) is 5.71 Å². The molecule has 0 radical (unpaired) electrons. The fourth-order valence-electron chi connectivity index (χ4n) is 5.35. The number of rotatable bonds is 5. The summed E-state index contributed by atoms with van der Waals surface area (Å²) in [6, 6.07) is 15.2. The summed E-state index contributed by atoms with van der Waals surface area (Å²) in [4.78, 5) is 2.49. The zero-order valence-electron chi connectivity index (χ0n) is 20.4. The van der Waals surface area contributed by atoms with Crippen molar-refractivity contribution in [3.63, 3.8) is 0 Å². The van der Waals surface area contributed by atoms with E-state index in [0.717, 1.165) is 18.5 Å². The van der Waals surface area contributed by atoms with Crippen LogP contribution in [0.4, 0.5) is 11.4 Å². The molecule has 0 unspecified atom stereocenters. The van der Waals surface area contributed by atoms with Gasteiger partial charge in [-0.05, 0) is 50.1 Å². The maximum Gasteiger partial charge on any atom is 0.209 e. The van der Waals surface area contributed by atoms with E-state index in [2.05, 4.69) is 118 Å². The molecule has 0 aromatic heterocycles. The van der Waals surface area contributed by atoms with Crippen molar-refractivity contribution >= 4 is 17.1 Å². The Morgan fingerprint density at radius 1 is 1.03 bits per heavy atom. The van der Waals surface area contributed by atoms with Crippen molar-refractivity contribution in [2.45, 2.75) is 58.3 Å². The predicted molar refractivity (Wildman–Crippen MR) is 137 cm³/mol. The molecule has 0 atom stereocenters. The SMILES string of the molecule is C#Cc1ccc2c(c1)C(C)(C)/C(=C\C=C\C1=[N+](C)c3ccccc3C1(C)C)N2CCCC. The number of nitrogens with zero attached hydrogens (tertiary/aromatic N) is 2. The summed E-state index contributed by atoms with van der Waals surface area (Å²) in [6.45, 7) is 12.5. The van der Waals surface area contributed by atoms with Crippen LogP contribution in [-0.4, -0.2) is 23.9 Å². The fourth-order valence-corrected chi connectivity index (χ4v) is 5.35. The van der Waals surface area contributed by atoms with Crippen LogP contribution >= 0.6 is 0 Å². The molecule has 164 valence electrons. The van der Waals surface area contributed by atoms with Gasteiger partial charge in [-0.3, -0.25) is 0 Å². The van der Waals surface area contributed by atoms with Crippen molar-refractivity contribution in [1.82, 2.24) is 0 Å². The summed E-state index contributed by atoms with van der Waals surface area (Å²) in [5.41, 5.74) is 8.79. The largest absolute Gasteiger partial charge is 0.344 e. The number of hydrogen-bond donors (Lipinski definition) is 0. The summed E-state index contributed by atoms with van der Waals surface area (Å²) in [5, 5.41) is 0. The number of fused-ring (bicyclic) bond motifs is 2. The smallest absolute Gasteiger partial charge is 0.209 e. The van der Waals surface area contributed by atoms with E-state index in [9.17, 15) is 0 Å². The highest BCUT2D eigenvalue weighted by molar-refractivity contribution is 6.03. The number of terminal acetylenes is 1. The lowest BCUT2D eigenvalue weighted by atomic mass is 9.81. The van der Waals surface area contributed by atoms with Crippen LogP contribution in [0.2, 0.25) is 0 Å². The Morgan fingerprint density at radius 2 is 1.78 bits per heavy atom. The molecule has 2 aliphatic heterocycles. The average Bonchev–Trinajstić information content (AvgIpc) is 3.11. The van der Waals surface area contributed by atoms with Crippen molar-refractivity contribution in [2.24, 2.45) is 0 Å². The summed E-state index contributed by atoms with van der Waals surface area (Å²) >= 11 is 0. The molecule has 2 aromatic rings. The minimum atomic E-state index is -0.0923. The highest BCUT2D eigenvalue weighted by atomic mass is 15.2. The minimum Gasteiger partial charge on any atom is -0.344 e. The van der Waals surface area contributed by atoms with Crippen molar-refractivity contribution in [2.75, 3.05) is 18.5 Å². The molecule has 0 bridgehead atoms. The monoisotopic (exact) mass is 423 g/mol. The molecule has 2 heteroatoms. The van der Waals surface area contributed by atoms with E-state index in [1.807, 2.05) is 0 Å². The highest BCUT2D eigenvalue weighted by Crippen LogP contribution is 2.48. The Hall–Kier alpha value is -3.05. The topological polar surface area (TPSA) is 6.25 Å². The minimum absolute atomic E-state index is 0.0158. The maximum atomic E-state index is 5.71. The van der Waals surface area contributed by atoms with Crippen LogP contribution in [0.1, 0.15) is 64.2 Å². The van der Waals surface area contributed by atoms with Gasteiger partial charge in [0.1, 0.15) is 7.05 Å². The molecule has 0 spiro atoms. The standard InChI is InChI=1S/C30H35N2/c1-8-10-20-32-26-19-18-22(9-2)21-24(26)30(5,6)28(32)17-13-16-27-29(3,4)23-14-11-12-15-25(23)31(27)7/h2,11-19,21H,8,10,20H2,1,3-7H3/q+1. The third-order valence-corrected chi connectivity index (χ3v) is 7.24. The second-order valence-electron chi connectivity index (χ2n) is 10.0. The van der Waals surface area contributed by atoms with E-state index >= 15 is 0 Å². The maximum absolute atomic E-state index is 5.71. The van der Waals surface area contributed by atoms with E-state index in [-0.39, 0.29) is 10.8 Å². The summed E-state index contributed by atoms with van der Waals surface area (Å²) in [6.07, 6.45) is 14.9. The Morgan fingerprint density at radius 3 is 2.47 bits per heavy atom. The van der Waals surface area contributed by atoms with Crippen LogP contribution in [0.5, 0.6) is 0 Å². The number of benzene rings is 2. The van der Waals surface area contributed by atoms with E-state index < -0.39 is 0 Å². The van der Waals surface area contributed by atoms with Crippen molar-refractivity contribution in [1.29, 1.82) is 0 Å². The van der Waals surface area contributed by atoms with Gasteiger partial charge in [-0.25, -0.2) is 0 Å². The Kier molecular flexibility index (Phi) is 5.63. The van der Waals surface area contributed by atoms with Crippen LogP contribution in [0.3, 0.4) is 0 Å². The van der Waals surface area contributed by atoms with Gasteiger partial charge in [0, 0.05) is 46.6 Å². The molecule has 32 heavy (non-hydrogen) atoms. The molecular weight excluding hydrogens is 388 g/mol. The van der Waals surface area contributed by atoms with Gasteiger partial charge in [0.25, 0.3) is 0 Å². The third-order valence-electron chi connectivity index (χ3n) is 7.24. The Labute approximate surface area is 194 Å². The van der Waals surface area contributed by atoms with E-state index in [1.54, 1.807) is 0 Å². The van der Waals surface area contributed by atoms with Gasteiger partial charge in [0.2, 0.25) is 5.69 Å². The normalized spacial score (nSPS) is 19.5. The van der Waals surface area contributed by atoms with Crippen molar-refractivity contribution < 1.29 is 4.58 Å². The van der Waals surface area contributed by atoms with Gasteiger partial charge >= 0.3 is 0 Å². The molecule has 2 aliphatic rings. The Balaban J connectivity index is 1.74. The molecule has 0 fully saturated rings. The van der Waals surface area contributed by atoms with Crippen LogP contribution in [0, 0.1) is 12.3 Å². The van der Waals surface area contributed by atoms with Crippen LogP contribution < -0.4 is 4.90 Å². The fraction of sp³-hybridized carbons (Fsp3) is 0.367. The Bertz CT molecular complexity index is 1180. The summed E-state index contributed by atoms with van der Waals surface area (Å²) in [7, 11) is 2.17. The van der Waals surface area contributed by atoms with Gasteiger partial charge in [0.05, 0.1) is 5.41 Å². The van der Waals surface area contributed by atoms with Gasteiger partial charge in [-0.1, -0.05) is 57.4 Å². The first-order valence-electron chi connectivity index (χ1n) is 11.7. The van der Waals surface area contributed by atoms with E-state index in [4.69, 9.17) is 6.42 Å². The van der Waals surface area contributed by atoms with Crippen LogP contribution in [0.25, 0.3) is 0 Å². The lowest BCUT2D eigenvalue weighted by Crippen LogP contribution is -2.27. The van der Waals surface area contributed by atoms with Gasteiger partial charge in [-0.15, -0.1) is 6.42 Å². The molecule has 2 heterocycles. The number of anilines is 1. The lowest BCUT2D eigenvalue weighted by Gasteiger charge is -2.27. The third kappa shape index (κ3) is 3.41. The number of unbranched alkanes of at least 4 members (excludes halogenated alkanes) is 1. The number of allylic oxidation sites excluding steroid dienone is 4. The molecule has 0 N–H and O–H groups in total. The van der Waals surface area contributed by atoms with Crippen LogP contribution in [-0.2, 0) is 10.8 Å². The zero-order chi connectivity index (χ0) is 23.1. The van der Waals surface area contributed by atoms with Gasteiger partial charge < -0.3 is 4.90 Å². The molecule has 0 saturated carbocycles. The van der Waals surface area contributed by atoms with E-state index in [1.165, 1.54) is 40.3 Å². The first-order valence-corrected chi connectivity index (χ1v) is 11.7. The van der Waals surface area contributed by atoms with Crippen LogP contribution in [0.15, 0.2) is 66.4 Å². The highest BCUT2D eigenvalue weighted by Gasteiger charge is 2.43. The van der Waals surface area contributed by atoms with Crippen molar-refractivity contribution in [3.8, 4) is 12.3 Å². The molecule has 2 nitrogen and oxygen atoms in total. The number of para-hydroxylation sites is 1. The second kappa shape index (κ2) is 8.14. The van der Waals surface area contributed by atoms with Crippen molar-refractivity contribution in [3.05, 3.63) is 83.1 Å². The van der Waals surface area contributed by atoms with E-state index in [0.29, 0.717) is 0 Å². The first kappa shape index (κ1) is 22.2. The average molecular weight is 424 g/mol.